The van der Waals surface area contributed by atoms with E-state index in [1.807, 2.05) is 0 Å². The van der Waals surface area contributed by atoms with Crippen molar-refractivity contribution in [3.63, 3.8) is 0 Å². The second kappa shape index (κ2) is 5.57. The molecule has 0 aliphatic heterocycles. The lowest BCUT2D eigenvalue weighted by Gasteiger charge is -2.05. The van der Waals surface area contributed by atoms with Crippen LogP contribution in [0, 0.1) is 0 Å². The van der Waals surface area contributed by atoms with E-state index < -0.39 is 0 Å². The van der Waals surface area contributed by atoms with Gasteiger partial charge in [-0.2, -0.15) is 0 Å². The van der Waals surface area contributed by atoms with Gasteiger partial charge in [-0.1, -0.05) is 54.6 Å². The molecular formula is C21H20. The fourth-order valence-corrected chi connectivity index (χ4v) is 2.59. The number of rotatable bonds is 0. The molecule has 0 atom stereocenters. The summed E-state index contributed by atoms with van der Waals surface area (Å²) >= 11 is 0. The summed E-state index contributed by atoms with van der Waals surface area (Å²) in [6.07, 6.45) is 9.84. The summed E-state index contributed by atoms with van der Waals surface area (Å²) in [5, 5.41) is 5.11. The zero-order chi connectivity index (χ0) is 14.8. The second-order valence-electron chi connectivity index (χ2n) is 5.77. The molecule has 0 amide bonds. The number of allylic oxidation sites excluding steroid dienone is 5. The van der Waals surface area contributed by atoms with Gasteiger partial charge in [0.2, 0.25) is 0 Å². The maximum atomic E-state index is 4.21. The van der Waals surface area contributed by atoms with Crippen molar-refractivity contribution in [1.82, 2.24) is 0 Å². The van der Waals surface area contributed by atoms with Crippen LogP contribution in [0.4, 0.5) is 0 Å². The lowest BCUT2D eigenvalue weighted by Crippen LogP contribution is -2.24. The van der Waals surface area contributed by atoms with Crippen LogP contribution >= 0.6 is 0 Å². The molecule has 0 unspecified atom stereocenters. The van der Waals surface area contributed by atoms with Crippen LogP contribution < -0.4 is 10.4 Å². The van der Waals surface area contributed by atoms with Crippen molar-refractivity contribution in [2.45, 2.75) is 20.3 Å². The van der Waals surface area contributed by atoms with Gasteiger partial charge in [-0.15, -0.1) is 0 Å². The standard InChI is InChI=1S/C21H20/c1-15-8-10-16(2)17(3)12-21-14-19-7-5-4-6-18(19)13-20(21)11-9-15/h4-8,10-14H,3,9H2,1-2H3/b15-8-,16-10-,20-11-,21-12-. The van der Waals surface area contributed by atoms with Crippen LogP contribution in [0.3, 0.4) is 0 Å². The molecule has 21 heavy (non-hydrogen) atoms. The number of hydrogen-bond acceptors (Lipinski definition) is 0. The molecule has 0 heterocycles. The lowest BCUT2D eigenvalue weighted by molar-refractivity contribution is 1.25. The first kappa shape index (κ1) is 13.6. The Hall–Kier alpha value is -2.34. The van der Waals surface area contributed by atoms with E-state index in [4.69, 9.17) is 0 Å². The average Bonchev–Trinajstić information content (AvgIpc) is 2.49. The Labute approximate surface area is 126 Å². The topological polar surface area (TPSA) is 0 Å². The first-order valence-corrected chi connectivity index (χ1v) is 7.37. The fourth-order valence-electron chi connectivity index (χ4n) is 2.59. The molecular weight excluding hydrogens is 252 g/mol. The molecule has 1 aliphatic carbocycles. The molecule has 0 bridgehead atoms. The van der Waals surface area contributed by atoms with E-state index in [2.05, 4.69) is 81.1 Å². The van der Waals surface area contributed by atoms with E-state index in [0.717, 1.165) is 12.0 Å². The predicted octanol–water partition coefficient (Wildman–Crippen LogP) is 4.25. The van der Waals surface area contributed by atoms with E-state index in [-0.39, 0.29) is 0 Å². The molecule has 0 N–H and O–H groups in total. The van der Waals surface area contributed by atoms with Gasteiger partial charge >= 0.3 is 0 Å². The quantitative estimate of drug-likeness (QED) is 0.672. The van der Waals surface area contributed by atoms with Crippen molar-refractivity contribution >= 4 is 22.9 Å². The van der Waals surface area contributed by atoms with E-state index >= 15 is 0 Å². The Kier molecular flexibility index (Phi) is 3.62. The van der Waals surface area contributed by atoms with Crippen LogP contribution in [0.1, 0.15) is 20.3 Å². The molecule has 1 aliphatic rings. The third-order valence-electron chi connectivity index (χ3n) is 4.05. The minimum atomic E-state index is 0.982. The number of hydrogen-bond donors (Lipinski definition) is 0. The molecule has 0 saturated carbocycles. The van der Waals surface area contributed by atoms with E-state index in [9.17, 15) is 0 Å². The van der Waals surface area contributed by atoms with Crippen LogP contribution in [-0.4, -0.2) is 0 Å². The summed E-state index contributed by atoms with van der Waals surface area (Å²) in [5.74, 6) is 0. The van der Waals surface area contributed by atoms with Crippen LogP contribution in [0.5, 0.6) is 0 Å². The third kappa shape index (κ3) is 2.90. The Balaban J connectivity index is 2.35. The molecule has 0 radical (unpaired) electrons. The highest BCUT2D eigenvalue weighted by molar-refractivity contribution is 5.83. The highest BCUT2D eigenvalue weighted by Gasteiger charge is 1.98. The second-order valence-corrected chi connectivity index (χ2v) is 5.77. The molecule has 0 heteroatoms. The van der Waals surface area contributed by atoms with Gasteiger partial charge < -0.3 is 0 Å². The highest BCUT2D eigenvalue weighted by atomic mass is 14.0. The first-order valence-electron chi connectivity index (χ1n) is 7.37. The fraction of sp³-hybridized carbons (Fsp3) is 0.143. The number of benzene rings is 2. The van der Waals surface area contributed by atoms with Gasteiger partial charge in [-0.25, -0.2) is 0 Å². The molecule has 3 rings (SSSR count). The van der Waals surface area contributed by atoms with Gasteiger partial charge in [0.15, 0.2) is 0 Å². The van der Waals surface area contributed by atoms with E-state index in [0.29, 0.717) is 0 Å². The van der Waals surface area contributed by atoms with Crippen LogP contribution in [0.25, 0.3) is 22.9 Å². The van der Waals surface area contributed by atoms with Gasteiger partial charge in [0.1, 0.15) is 0 Å². The summed E-state index contributed by atoms with van der Waals surface area (Å²) in [7, 11) is 0. The Morgan fingerprint density at radius 3 is 2.29 bits per heavy atom. The molecule has 0 aromatic heterocycles. The zero-order valence-corrected chi connectivity index (χ0v) is 12.7. The number of fused-ring (bicyclic) bond motifs is 2. The predicted molar refractivity (Wildman–Crippen MR) is 93.4 cm³/mol. The molecule has 0 fully saturated rings. The van der Waals surface area contributed by atoms with Gasteiger partial charge in [-0.05, 0) is 70.8 Å². The lowest BCUT2D eigenvalue weighted by atomic mass is 10.0. The van der Waals surface area contributed by atoms with Crippen LogP contribution in [0.15, 0.2) is 71.8 Å². The van der Waals surface area contributed by atoms with Crippen molar-refractivity contribution in [2.24, 2.45) is 0 Å². The summed E-state index contributed by atoms with van der Waals surface area (Å²) < 4.78 is 0. The maximum Gasteiger partial charge on any atom is -0.0129 e. The normalized spacial score (nSPS) is 23.6. The molecule has 0 nitrogen and oxygen atoms in total. The molecule has 2 aromatic carbocycles. The Bertz CT molecular complexity index is 889. The summed E-state index contributed by atoms with van der Waals surface area (Å²) in [6.45, 7) is 8.50. The van der Waals surface area contributed by atoms with Crippen molar-refractivity contribution in [1.29, 1.82) is 0 Å². The SMILES string of the molecule is C=C1/C=c2/cc3ccccc3c/c2=C/C/C(C)=C\C=C/1C. The van der Waals surface area contributed by atoms with Gasteiger partial charge in [0.25, 0.3) is 0 Å². The Morgan fingerprint density at radius 1 is 0.905 bits per heavy atom. The largest absolute Gasteiger partial charge is 0.0915 e. The summed E-state index contributed by atoms with van der Waals surface area (Å²) in [6, 6.07) is 13.1. The van der Waals surface area contributed by atoms with E-state index in [1.165, 1.54) is 32.4 Å². The maximum absolute atomic E-state index is 4.21. The summed E-state index contributed by atoms with van der Waals surface area (Å²) in [5.41, 5.74) is 3.66. The third-order valence-corrected chi connectivity index (χ3v) is 4.05. The molecule has 0 saturated heterocycles. The van der Waals surface area contributed by atoms with Crippen molar-refractivity contribution in [3.8, 4) is 0 Å². The van der Waals surface area contributed by atoms with E-state index in [1.54, 1.807) is 0 Å². The Morgan fingerprint density at radius 2 is 1.57 bits per heavy atom. The summed E-state index contributed by atoms with van der Waals surface area (Å²) in [4.78, 5) is 0. The average molecular weight is 272 g/mol. The van der Waals surface area contributed by atoms with Crippen molar-refractivity contribution in [2.75, 3.05) is 0 Å². The minimum Gasteiger partial charge on any atom is -0.0915 e. The zero-order valence-electron chi connectivity index (χ0n) is 12.7. The first-order chi connectivity index (χ1) is 10.1. The van der Waals surface area contributed by atoms with Gasteiger partial charge in [-0.3, -0.25) is 0 Å². The smallest absolute Gasteiger partial charge is 0.0129 e. The monoisotopic (exact) mass is 272 g/mol. The molecule has 104 valence electrons. The van der Waals surface area contributed by atoms with Gasteiger partial charge in [0.05, 0.1) is 0 Å². The van der Waals surface area contributed by atoms with Crippen LogP contribution in [0.2, 0.25) is 0 Å². The van der Waals surface area contributed by atoms with Crippen molar-refractivity contribution in [3.05, 3.63) is 82.3 Å². The van der Waals surface area contributed by atoms with Crippen LogP contribution in [-0.2, 0) is 0 Å². The highest BCUT2D eigenvalue weighted by Crippen LogP contribution is 2.13. The van der Waals surface area contributed by atoms with Crippen molar-refractivity contribution < 1.29 is 0 Å². The van der Waals surface area contributed by atoms with Gasteiger partial charge in [0, 0.05) is 0 Å². The molecule has 0 spiro atoms. The molecule has 2 aromatic rings. The minimum absolute atomic E-state index is 0.982.